The molecule has 2 N–H and O–H groups in total. The van der Waals surface area contributed by atoms with Gasteiger partial charge >= 0.3 is 0 Å². The number of methoxy groups -OCH3 is 1. The number of amides is 1. The van der Waals surface area contributed by atoms with Crippen molar-refractivity contribution < 1.29 is 14.3 Å². The lowest BCUT2D eigenvalue weighted by atomic mass is 10.1. The third-order valence-electron chi connectivity index (χ3n) is 6.26. The van der Waals surface area contributed by atoms with Crippen molar-refractivity contribution in [2.75, 3.05) is 37.9 Å². The molecule has 10 heteroatoms. The highest BCUT2D eigenvalue weighted by Gasteiger charge is 2.23. The number of carbonyl (C=O) groups excluding carboxylic acids is 1. The fourth-order valence-electron chi connectivity index (χ4n) is 4.38. The maximum Gasteiger partial charge on any atom is 0.247 e. The zero-order chi connectivity index (χ0) is 26.6. The number of hydrogen-bond donors (Lipinski definition) is 2. The van der Waals surface area contributed by atoms with Crippen molar-refractivity contribution >= 4 is 45.7 Å². The van der Waals surface area contributed by atoms with E-state index in [4.69, 9.17) is 26.1 Å². The molecule has 0 aliphatic carbocycles. The van der Waals surface area contributed by atoms with Gasteiger partial charge in [-0.25, -0.2) is 9.97 Å². The van der Waals surface area contributed by atoms with Crippen LogP contribution < -0.4 is 20.1 Å². The minimum absolute atomic E-state index is 0.00485. The van der Waals surface area contributed by atoms with Crippen LogP contribution in [0.1, 0.15) is 6.42 Å². The number of benzene rings is 2. The van der Waals surface area contributed by atoms with E-state index in [1.54, 1.807) is 37.8 Å². The van der Waals surface area contributed by atoms with Crippen molar-refractivity contribution in [3.05, 3.63) is 72.7 Å². The van der Waals surface area contributed by atoms with Crippen LogP contribution in [0.5, 0.6) is 11.5 Å². The SMILES string of the molecule is C=CC(=O)Nc1cc(Nc2ncc3cncc(-c4cccc(Cl)c4)c3n2)c(OC)cc1OC1CCN(C)C1. The van der Waals surface area contributed by atoms with Crippen LogP contribution in [0.4, 0.5) is 17.3 Å². The smallest absolute Gasteiger partial charge is 0.247 e. The van der Waals surface area contributed by atoms with Crippen molar-refractivity contribution in [3.8, 4) is 22.6 Å². The predicted molar refractivity (Wildman–Crippen MR) is 149 cm³/mol. The molecule has 9 nitrogen and oxygen atoms in total. The van der Waals surface area contributed by atoms with Crippen molar-refractivity contribution in [1.82, 2.24) is 19.9 Å². The molecule has 194 valence electrons. The Balaban J connectivity index is 1.52. The second-order valence-electron chi connectivity index (χ2n) is 8.99. The summed E-state index contributed by atoms with van der Waals surface area (Å²) in [6.45, 7) is 5.30. The van der Waals surface area contributed by atoms with E-state index in [-0.39, 0.29) is 12.0 Å². The first kappa shape index (κ1) is 25.4. The quantitative estimate of drug-likeness (QED) is 0.296. The molecule has 1 atom stereocenters. The van der Waals surface area contributed by atoms with Crippen LogP contribution in [-0.4, -0.2) is 59.1 Å². The lowest BCUT2D eigenvalue weighted by molar-refractivity contribution is -0.111. The summed E-state index contributed by atoms with van der Waals surface area (Å²) in [5.74, 6) is 1.01. The Kier molecular flexibility index (Phi) is 7.39. The third-order valence-corrected chi connectivity index (χ3v) is 6.49. The lowest BCUT2D eigenvalue weighted by Gasteiger charge is -2.20. The second-order valence-corrected chi connectivity index (χ2v) is 9.42. The number of aromatic nitrogens is 3. The molecule has 5 rings (SSSR count). The minimum Gasteiger partial charge on any atom is -0.494 e. The number of nitrogens with zero attached hydrogens (tertiary/aromatic N) is 4. The van der Waals surface area contributed by atoms with Crippen molar-refractivity contribution in [2.24, 2.45) is 0 Å². The fraction of sp³-hybridized carbons (Fsp3) is 0.214. The largest absolute Gasteiger partial charge is 0.494 e. The monoisotopic (exact) mass is 530 g/mol. The van der Waals surface area contributed by atoms with Crippen LogP contribution in [0.15, 0.2) is 67.6 Å². The number of carbonyl (C=O) groups is 1. The number of ether oxygens (including phenoxy) is 2. The van der Waals surface area contributed by atoms with Crippen molar-refractivity contribution in [2.45, 2.75) is 12.5 Å². The third kappa shape index (κ3) is 5.53. The molecule has 0 radical (unpaired) electrons. The van der Waals surface area contributed by atoms with Gasteiger partial charge in [-0.3, -0.25) is 9.78 Å². The highest BCUT2D eigenvalue weighted by Crippen LogP contribution is 2.39. The first-order chi connectivity index (χ1) is 18.4. The Hall–Kier alpha value is -4.21. The topological polar surface area (TPSA) is 102 Å². The molecule has 0 spiro atoms. The Morgan fingerprint density at radius 2 is 2.05 bits per heavy atom. The van der Waals surface area contributed by atoms with Crippen LogP contribution in [0, 0.1) is 0 Å². The number of fused-ring (bicyclic) bond motifs is 1. The Morgan fingerprint density at radius 3 is 2.79 bits per heavy atom. The van der Waals surface area contributed by atoms with Gasteiger partial charge in [-0.15, -0.1) is 0 Å². The number of hydrogen-bond acceptors (Lipinski definition) is 8. The van der Waals surface area contributed by atoms with Gasteiger partial charge in [0.15, 0.2) is 0 Å². The highest BCUT2D eigenvalue weighted by molar-refractivity contribution is 6.30. The molecule has 3 heterocycles. The minimum atomic E-state index is -0.352. The zero-order valence-corrected chi connectivity index (χ0v) is 21.8. The molecule has 4 aromatic rings. The molecule has 0 bridgehead atoms. The fourth-order valence-corrected chi connectivity index (χ4v) is 4.57. The first-order valence-corrected chi connectivity index (χ1v) is 12.5. The summed E-state index contributed by atoms with van der Waals surface area (Å²) in [5, 5.41) is 7.47. The van der Waals surface area contributed by atoms with Crippen LogP contribution in [0.25, 0.3) is 22.0 Å². The van der Waals surface area contributed by atoms with Crippen LogP contribution in [0.2, 0.25) is 5.02 Å². The molecule has 1 amide bonds. The molecule has 2 aromatic heterocycles. The maximum atomic E-state index is 12.2. The van der Waals surface area contributed by atoms with E-state index < -0.39 is 0 Å². The molecule has 1 aliphatic rings. The van der Waals surface area contributed by atoms with Gasteiger partial charge in [-0.1, -0.05) is 30.3 Å². The van der Waals surface area contributed by atoms with E-state index in [1.165, 1.54) is 6.08 Å². The van der Waals surface area contributed by atoms with Crippen molar-refractivity contribution in [3.63, 3.8) is 0 Å². The van der Waals surface area contributed by atoms with Gasteiger partial charge in [-0.2, -0.15) is 0 Å². The molecule has 38 heavy (non-hydrogen) atoms. The van der Waals surface area contributed by atoms with Gasteiger partial charge in [0, 0.05) is 53.7 Å². The average Bonchev–Trinajstić information content (AvgIpc) is 3.33. The summed E-state index contributed by atoms with van der Waals surface area (Å²) in [5.41, 5.74) is 3.47. The van der Waals surface area contributed by atoms with Gasteiger partial charge in [0.1, 0.15) is 17.6 Å². The summed E-state index contributed by atoms with van der Waals surface area (Å²) in [4.78, 5) is 28.0. The number of halogens is 1. The van der Waals surface area contributed by atoms with Gasteiger partial charge in [0.2, 0.25) is 11.9 Å². The van der Waals surface area contributed by atoms with E-state index in [9.17, 15) is 4.79 Å². The Labute approximate surface area is 225 Å². The summed E-state index contributed by atoms with van der Waals surface area (Å²) < 4.78 is 11.9. The van der Waals surface area contributed by atoms with E-state index in [0.29, 0.717) is 39.4 Å². The molecule has 2 aromatic carbocycles. The molecule has 1 aliphatic heterocycles. The number of pyridine rings is 1. The normalized spacial score (nSPS) is 15.3. The van der Waals surface area contributed by atoms with Crippen LogP contribution in [-0.2, 0) is 4.79 Å². The summed E-state index contributed by atoms with van der Waals surface area (Å²) in [6, 6.07) is 11.0. The van der Waals surface area contributed by atoms with E-state index >= 15 is 0 Å². The Morgan fingerprint density at radius 1 is 1.18 bits per heavy atom. The van der Waals surface area contributed by atoms with E-state index in [0.717, 1.165) is 36.0 Å². The zero-order valence-electron chi connectivity index (χ0n) is 21.1. The number of likely N-dealkylation sites (N-methyl/N-ethyl adjacent to an activating group) is 1. The molecular formula is C28H27ClN6O3. The van der Waals surface area contributed by atoms with Gasteiger partial charge < -0.3 is 25.0 Å². The first-order valence-electron chi connectivity index (χ1n) is 12.1. The van der Waals surface area contributed by atoms with Gasteiger partial charge in [0.05, 0.1) is 24.0 Å². The lowest BCUT2D eigenvalue weighted by Crippen LogP contribution is -2.22. The van der Waals surface area contributed by atoms with Gasteiger partial charge in [-0.05, 0) is 43.3 Å². The molecular weight excluding hydrogens is 504 g/mol. The average molecular weight is 531 g/mol. The molecule has 1 saturated heterocycles. The van der Waals surface area contributed by atoms with Crippen molar-refractivity contribution in [1.29, 1.82) is 0 Å². The molecule has 0 saturated carbocycles. The molecule has 1 unspecified atom stereocenters. The summed E-state index contributed by atoms with van der Waals surface area (Å²) in [6.07, 6.45) is 7.27. The van der Waals surface area contributed by atoms with Crippen LogP contribution >= 0.6 is 11.6 Å². The maximum absolute atomic E-state index is 12.2. The number of likely N-dealkylation sites (tertiary alicyclic amines) is 1. The van der Waals surface area contributed by atoms with E-state index in [2.05, 4.69) is 39.1 Å². The highest BCUT2D eigenvalue weighted by atomic mass is 35.5. The Bertz CT molecular complexity index is 1510. The second kappa shape index (κ2) is 11.0. The molecule has 1 fully saturated rings. The van der Waals surface area contributed by atoms with E-state index in [1.807, 2.05) is 24.3 Å². The predicted octanol–water partition coefficient (Wildman–Crippen LogP) is 5.30. The number of nitrogens with one attached hydrogen (secondary N) is 2. The summed E-state index contributed by atoms with van der Waals surface area (Å²) >= 11 is 6.22. The number of rotatable bonds is 8. The standard InChI is InChI=1S/C28H27ClN6O3/c1-4-26(36)32-23-11-22(24(37-3)12-25(23)38-20-8-9-35(2)16-20)33-28-31-14-18-13-30-15-21(27(18)34-28)17-6-5-7-19(29)10-17/h4-7,10-15,20H,1,8-9,16H2,2-3H3,(H,32,36)(H,31,33,34). The van der Waals surface area contributed by atoms with Crippen LogP contribution in [0.3, 0.4) is 0 Å². The van der Waals surface area contributed by atoms with Gasteiger partial charge in [0.25, 0.3) is 0 Å². The number of anilines is 3. The summed E-state index contributed by atoms with van der Waals surface area (Å²) in [7, 11) is 3.62.